The summed E-state index contributed by atoms with van der Waals surface area (Å²) in [5, 5.41) is 1.21. The molecule has 0 bridgehead atoms. The Bertz CT molecular complexity index is 1300. The summed E-state index contributed by atoms with van der Waals surface area (Å²) in [6, 6.07) is 14.8. The minimum atomic E-state index is -0.328. The minimum absolute atomic E-state index is 0.0268. The Labute approximate surface area is 205 Å². The molecular formula is C25H22ClN3O4S. The van der Waals surface area contributed by atoms with Crippen molar-refractivity contribution < 1.29 is 19.1 Å². The van der Waals surface area contributed by atoms with Crippen molar-refractivity contribution in [3.05, 3.63) is 75.8 Å². The molecule has 0 N–H and O–H groups in total. The smallest absolute Gasteiger partial charge is 0.293 e. The first-order chi connectivity index (χ1) is 16.5. The number of morpholine rings is 1. The van der Waals surface area contributed by atoms with Gasteiger partial charge in [0, 0.05) is 40.8 Å². The number of benzene rings is 2. The van der Waals surface area contributed by atoms with Crippen molar-refractivity contribution in [3.8, 4) is 0 Å². The Kier molecular flexibility index (Phi) is 6.45. The van der Waals surface area contributed by atoms with Crippen LogP contribution in [0.2, 0.25) is 5.02 Å². The summed E-state index contributed by atoms with van der Waals surface area (Å²) in [7, 11) is 0. The SMILES string of the molecule is O=C(Cn1cc(C=C2SC(=O)N(Cc3ccc(Cl)cc3)C2=O)c2ccccc21)N1CCOCC1. The molecule has 7 nitrogen and oxygen atoms in total. The maximum Gasteiger partial charge on any atom is 0.293 e. The molecule has 2 aliphatic heterocycles. The summed E-state index contributed by atoms with van der Waals surface area (Å²) in [4.78, 5) is 41.8. The van der Waals surface area contributed by atoms with Crippen LogP contribution in [-0.4, -0.2) is 57.7 Å². The first-order valence-corrected chi connectivity index (χ1v) is 12.1. The molecule has 0 atom stereocenters. The van der Waals surface area contributed by atoms with Crippen LogP contribution in [0.4, 0.5) is 4.79 Å². The Morgan fingerprint density at radius 1 is 1.06 bits per heavy atom. The van der Waals surface area contributed by atoms with E-state index < -0.39 is 0 Å². The number of imide groups is 1. The molecule has 2 aliphatic rings. The van der Waals surface area contributed by atoms with Crippen molar-refractivity contribution >= 4 is 57.4 Å². The fourth-order valence-corrected chi connectivity index (χ4v) is 5.08. The van der Waals surface area contributed by atoms with E-state index in [1.54, 1.807) is 35.2 Å². The zero-order valence-electron chi connectivity index (χ0n) is 18.3. The zero-order chi connectivity index (χ0) is 23.7. The molecule has 0 spiro atoms. The van der Waals surface area contributed by atoms with Crippen LogP contribution in [0.15, 0.2) is 59.6 Å². The average molecular weight is 496 g/mol. The fraction of sp³-hybridized carbons (Fsp3) is 0.240. The van der Waals surface area contributed by atoms with E-state index in [-0.39, 0.29) is 30.1 Å². The van der Waals surface area contributed by atoms with Crippen LogP contribution in [0.25, 0.3) is 17.0 Å². The Morgan fingerprint density at radius 3 is 2.56 bits per heavy atom. The van der Waals surface area contributed by atoms with Gasteiger partial charge in [-0.25, -0.2) is 0 Å². The molecule has 0 unspecified atom stereocenters. The Balaban J connectivity index is 1.40. The van der Waals surface area contributed by atoms with E-state index in [4.69, 9.17) is 16.3 Å². The molecule has 9 heteroatoms. The Morgan fingerprint density at radius 2 is 1.79 bits per heavy atom. The fourth-order valence-electron chi connectivity index (χ4n) is 4.13. The highest BCUT2D eigenvalue weighted by Crippen LogP contribution is 2.35. The normalized spacial score (nSPS) is 17.9. The molecule has 34 heavy (non-hydrogen) atoms. The highest BCUT2D eigenvalue weighted by Gasteiger charge is 2.35. The first-order valence-electron chi connectivity index (χ1n) is 10.9. The number of aromatic nitrogens is 1. The Hall–Kier alpha value is -3.07. The topological polar surface area (TPSA) is 71.9 Å². The highest BCUT2D eigenvalue weighted by molar-refractivity contribution is 8.18. The van der Waals surface area contributed by atoms with Crippen LogP contribution in [0.5, 0.6) is 0 Å². The summed E-state index contributed by atoms with van der Waals surface area (Å²) < 4.78 is 7.24. The van der Waals surface area contributed by atoms with Gasteiger partial charge in [0.05, 0.1) is 24.7 Å². The standard InChI is InChI=1S/C25H22ClN3O4S/c26-19-7-5-17(6-8-19)14-29-24(31)22(34-25(29)32)13-18-15-28(21-4-2-1-3-20(18)21)16-23(30)27-9-11-33-12-10-27/h1-8,13,15H,9-12,14,16H2. The number of amides is 3. The van der Waals surface area contributed by atoms with Crippen LogP contribution >= 0.6 is 23.4 Å². The van der Waals surface area contributed by atoms with Crippen LogP contribution in [-0.2, 0) is 27.4 Å². The van der Waals surface area contributed by atoms with E-state index in [0.29, 0.717) is 36.2 Å². The van der Waals surface area contributed by atoms with E-state index in [9.17, 15) is 14.4 Å². The first kappa shape index (κ1) is 22.7. The van der Waals surface area contributed by atoms with Crippen molar-refractivity contribution in [2.24, 2.45) is 0 Å². The zero-order valence-corrected chi connectivity index (χ0v) is 19.8. The molecule has 3 heterocycles. The van der Waals surface area contributed by atoms with Crippen LogP contribution < -0.4 is 0 Å². The number of halogens is 1. The second-order valence-electron chi connectivity index (χ2n) is 8.12. The summed E-state index contributed by atoms with van der Waals surface area (Å²) >= 11 is 6.86. The number of hydrogen-bond acceptors (Lipinski definition) is 5. The number of fused-ring (bicyclic) bond motifs is 1. The van der Waals surface area contributed by atoms with Gasteiger partial charge < -0.3 is 14.2 Å². The number of ether oxygens (including phenoxy) is 1. The second kappa shape index (κ2) is 9.66. The number of para-hydroxylation sites is 1. The monoisotopic (exact) mass is 495 g/mol. The third kappa shape index (κ3) is 4.61. The van der Waals surface area contributed by atoms with E-state index >= 15 is 0 Å². The molecule has 2 aromatic carbocycles. The van der Waals surface area contributed by atoms with E-state index in [0.717, 1.165) is 33.8 Å². The average Bonchev–Trinajstić information content (AvgIpc) is 3.33. The van der Waals surface area contributed by atoms with E-state index in [2.05, 4.69) is 0 Å². The molecule has 0 radical (unpaired) electrons. The third-order valence-electron chi connectivity index (χ3n) is 5.90. The predicted molar refractivity (Wildman–Crippen MR) is 132 cm³/mol. The molecule has 5 rings (SSSR count). The maximum atomic E-state index is 13.0. The van der Waals surface area contributed by atoms with Crippen molar-refractivity contribution in [2.75, 3.05) is 26.3 Å². The van der Waals surface area contributed by atoms with Crippen molar-refractivity contribution in [3.63, 3.8) is 0 Å². The molecule has 0 saturated carbocycles. The van der Waals surface area contributed by atoms with Crippen molar-refractivity contribution in [1.82, 2.24) is 14.4 Å². The molecule has 2 fully saturated rings. The molecule has 3 amide bonds. The lowest BCUT2D eigenvalue weighted by Crippen LogP contribution is -2.42. The molecule has 3 aromatic rings. The number of rotatable bonds is 5. The van der Waals surface area contributed by atoms with Crippen LogP contribution in [0.3, 0.4) is 0 Å². The second-order valence-corrected chi connectivity index (χ2v) is 9.55. The molecule has 1 aromatic heterocycles. The lowest BCUT2D eigenvalue weighted by molar-refractivity contribution is -0.135. The number of carbonyl (C=O) groups is 3. The molecule has 174 valence electrons. The van der Waals surface area contributed by atoms with Gasteiger partial charge in [0.25, 0.3) is 11.1 Å². The van der Waals surface area contributed by atoms with Crippen molar-refractivity contribution in [1.29, 1.82) is 0 Å². The predicted octanol–water partition coefficient (Wildman–Crippen LogP) is 4.39. The van der Waals surface area contributed by atoms with Crippen LogP contribution in [0, 0.1) is 0 Å². The lowest BCUT2D eigenvalue weighted by atomic mass is 10.1. The number of carbonyl (C=O) groups excluding carboxylic acids is 3. The van der Waals surface area contributed by atoms with Crippen LogP contribution in [0.1, 0.15) is 11.1 Å². The van der Waals surface area contributed by atoms with Gasteiger partial charge in [-0.05, 0) is 41.6 Å². The number of nitrogens with zero attached hydrogens (tertiary/aromatic N) is 3. The minimum Gasteiger partial charge on any atom is -0.378 e. The molecule has 0 aliphatic carbocycles. The molecule has 2 saturated heterocycles. The summed E-state index contributed by atoms with van der Waals surface area (Å²) in [6.07, 6.45) is 3.61. The van der Waals surface area contributed by atoms with Gasteiger partial charge in [0.1, 0.15) is 6.54 Å². The van der Waals surface area contributed by atoms with E-state index in [1.165, 1.54) is 4.90 Å². The van der Waals surface area contributed by atoms with Gasteiger partial charge >= 0.3 is 0 Å². The van der Waals surface area contributed by atoms with Gasteiger partial charge in [-0.15, -0.1) is 0 Å². The van der Waals surface area contributed by atoms with E-state index in [1.807, 2.05) is 35.0 Å². The summed E-state index contributed by atoms with van der Waals surface area (Å²) in [5.41, 5.74) is 2.52. The quantitative estimate of drug-likeness (QED) is 0.491. The largest absolute Gasteiger partial charge is 0.378 e. The van der Waals surface area contributed by atoms with Gasteiger partial charge in [-0.3, -0.25) is 19.3 Å². The van der Waals surface area contributed by atoms with Gasteiger partial charge in [-0.1, -0.05) is 41.9 Å². The lowest BCUT2D eigenvalue weighted by Gasteiger charge is -2.27. The number of hydrogen-bond donors (Lipinski definition) is 0. The van der Waals surface area contributed by atoms with Gasteiger partial charge in [0.15, 0.2) is 0 Å². The van der Waals surface area contributed by atoms with Gasteiger partial charge in [-0.2, -0.15) is 0 Å². The van der Waals surface area contributed by atoms with Gasteiger partial charge in [0.2, 0.25) is 5.91 Å². The number of thioether (sulfide) groups is 1. The summed E-state index contributed by atoms with van der Waals surface area (Å²) in [6.45, 7) is 2.67. The third-order valence-corrected chi connectivity index (χ3v) is 7.06. The van der Waals surface area contributed by atoms with Crippen molar-refractivity contribution in [2.45, 2.75) is 13.1 Å². The summed E-state index contributed by atoms with van der Waals surface area (Å²) in [5.74, 6) is -0.301. The maximum absolute atomic E-state index is 13.0. The highest BCUT2D eigenvalue weighted by atomic mass is 35.5. The molecular weight excluding hydrogens is 474 g/mol.